The SMILES string of the molecule is Cc1cc(OC2CCN(C(=O)c3ccccc3F)CC2)nc(C)n1. The molecular formula is C18H20FN3O2. The molecule has 0 saturated carbocycles. The maximum atomic E-state index is 13.7. The number of amides is 1. The smallest absolute Gasteiger partial charge is 0.256 e. The molecule has 126 valence electrons. The molecule has 1 amide bonds. The summed E-state index contributed by atoms with van der Waals surface area (Å²) in [4.78, 5) is 22.6. The summed E-state index contributed by atoms with van der Waals surface area (Å²) in [5, 5.41) is 0. The van der Waals surface area contributed by atoms with Gasteiger partial charge < -0.3 is 9.64 Å². The number of piperidine rings is 1. The number of carbonyl (C=O) groups excluding carboxylic acids is 1. The molecule has 24 heavy (non-hydrogen) atoms. The Hall–Kier alpha value is -2.50. The molecule has 1 aromatic heterocycles. The summed E-state index contributed by atoms with van der Waals surface area (Å²) in [5.41, 5.74) is 0.989. The first-order valence-corrected chi connectivity index (χ1v) is 8.05. The Labute approximate surface area is 140 Å². The van der Waals surface area contributed by atoms with Gasteiger partial charge in [-0.1, -0.05) is 12.1 Å². The van der Waals surface area contributed by atoms with Gasteiger partial charge in [-0.2, -0.15) is 4.98 Å². The van der Waals surface area contributed by atoms with Crippen LogP contribution in [-0.4, -0.2) is 40.0 Å². The van der Waals surface area contributed by atoms with E-state index in [1.54, 1.807) is 17.0 Å². The number of hydrogen-bond acceptors (Lipinski definition) is 4. The van der Waals surface area contributed by atoms with Crippen LogP contribution in [-0.2, 0) is 0 Å². The molecule has 1 aliphatic heterocycles. The molecule has 2 heterocycles. The summed E-state index contributed by atoms with van der Waals surface area (Å²) in [6, 6.07) is 7.89. The number of rotatable bonds is 3. The lowest BCUT2D eigenvalue weighted by Crippen LogP contribution is -2.42. The quantitative estimate of drug-likeness (QED) is 0.869. The second kappa shape index (κ2) is 6.95. The summed E-state index contributed by atoms with van der Waals surface area (Å²) in [6.07, 6.45) is 1.40. The maximum Gasteiger partial charge on any atom is 0.256 e. The highest BCUT2D eigenvalue weighted by molar-refractivity contribution is 5.94. The van der Waals surface area contributed by atoms with Crippen molar-refractivity contribution >= 4 is 5.91 Å². The second-order valence-electron chi connectivity index (χ2n) is 5.98. The first kappa shape index (κ1) is 16.4. The normalized spacial score (nSPS) is 15.4. The number of carbonyl (C=O) groups is 1. The van der Waals surface area contributed by atoms with Crippen molar-refractivity contribution < 1.29 is 13.9 Å². The molecule has 0 radical (unpaired) electrons. The number of ether oxygens (including phenoxy) is 1. The van der Waals surface area contributed by atoms with Gasteiger partial charge in [-0.15, -0.1) is 0 Å². The molecule has 3 rings (SSSR count). The van der Waals surface area contributed by atoms with E-state index in [-0.39, 0.29) is 17.6 Å². The third-order valence-electron chi connectivity index (χ3n) is 4.06. The third-order valence-corrected chi connectivity index (χ3v) is 4.06. The van der Waals surface area contributed by atoms with Gasteiger partial charge in [0.2, 0.25) is 5.88 Å². The molecule has 0 bridgehead atoms. The molecule has 0 N–H and O–H groups in total. The average molecular weight is 329 g/mol. The van der Waals surface area contributed by atoms with Crippen molar-refractivity contribution in [3.8, 4) is 5.88 Å². The maximum absolute atomic E-state index is 13.7. The predicted molar refractivity (Wildman–Crippen MR) is 87.5 cm³/mol. The van der Waals surface area contributed by atoms with Crippen LogP contribution in [0.2, 0.25) is 0 Å². The van der Waals surface area contributed by atoms with Crippen molar-refractivity contribution in [1.29, 1.82) is 0 Å². The lowest BCUT2D eigenvalue weighted by Gasteiger charge is -2.32. The van der Waals surface area contributed by atoms with E-state index in [2.05, 4.69) is 9.97 Å². The second-order valence-corrected chi connectivity index (χ2v) is 5.98. The van der Waals surface area contributed by atoms with Crippen LogP contribution in [0, 0.1) is 19.7 Å². The highest BCUT2D eigenvalue weighted by Gasteiger charge is 2.26. The van der Waals surface area contributed by atoms with E-state index >= 15 is 0 Å². The molecule has 0 spiro atoms. The molecule has 5 nitrogen and oxygen atoms in total. The minimum absolute atomic E-state index is 0.00312. The largest absolute Gasteiger partial charge is 0.474 e. The number of aryl methyl sites for hydroxylation is 2. The molecule has 2 aromatic rings. The number of halogens is 1. The summed E-state index contributed by atoms with van der Waals surface area (Å²) in [5.74, 6) is 0.504. The molecule has 1 saturated heterocycles. The third kappa shape index (κ3) is 3.69. The Bertz CT molecular complexity index is 723. The van der Waals surface area contributed by atoms with Gasteiger partial charge in [-0.05, 0) is 26.0 Å². The van der Waals surface area contributed by atoms with Crippen molar-refractivity contribution in [2.24, 2.45) is 0 Å². The number of nitrogens with zero attached hydrogens (tertiary/aromatic N) is 3. The Morgan fingerprint density at radius 3 is 2.58 bits per heavy atom. The fourth-order valence-electron chi connectivity index (χ4n) is 2.90. The zero-order valence-corrected chi connectivity index (χ0v) is 13.8. The van der Waals surface area contributed by atoms with Gasteiger partial charge in [0.1, 0.15) is 17.7 Å². The van der Waals surface area contributed by atoms with Gasteiger partial charge >= 0.3 is 0 Å². The van der Waals surface area contributed by atoms with Crippen LogP contribution in [0.1, 0.15) is 34.7 Å². The number of hydrogen-bond donors (Lipinski definition) is 0. The van der Waals surface area contributed by atoms with E-state index in [4.69, 9.17) is 4.74 Å². The summed E-state index contributed by atoms with van der Waals surface area (Å²) in [6.45, 7) is 4.81. The Morgan fingerprint density at radius 1 is 1.21 bits per heavy atom. The molecule has 0 aliphatic carbocycles. The van der Waals surface area contributed by atoms with Crippen molar-refractivity contribution in [2.75, 3.05) is 13.1 Å². The minimum atomic E-state index is -0.479. The molecule has 0 atom stereocenters. The van der Waals surface area contributed by atoms with Crippen molar-refractivity contribution in [3.05, 3.63) is 53.2 Å². The number of benzene rings is 1. The van der Waals surface area contributed by atoms with Crippen LogP contribution >= 0.6 is 0 Å². The number of likely N-dealkylation sites (tertiary alicyclic amines) is 1. The standard InChI is InChI=1S/C18H20FN3O2/c1-12-11-17(21-13(2)20-12)24-14-7-9-22(10-8-14)18(23)15-5-3-4-6-16(15)19/h3-6,11,14H,7-10H2,1-2H3. The van der Waals surface area contributed by atoms with E-state index in [0.717, 1.165) is 5.69 Å². The Kier molecular flexibility index (Phi) is 4.74. The average Bonchev–Trinajstić information content (AvgIpc) is 2.54. The Balaban J connectivity index is 1.59. The van der Waals surface area contributed by atoms with Crippen molar-refractivity contribution in [1.82, 2.24) is 14.9 Å². The van der Waals surface area contributed by atoms with E-state index in [9.17, 15) is 9.18 Å². The van der Waals surface area contributed by atoms with Crippen LogP contribution in [0.25, 0.3) is 0 Å². The van der Waals surface area contributed by atoms with Crippen LogP contribution in [0.3, 0.4) is 0 Å². The van der Waals surface area contributed by atoms with E-state index in [1.807, 2.05) is 19.9 Å². The van der Waals surface area contributed by atoms with Crippen LogP contribution in [0.4, 0.5) is 4.39 Å². The van der Waals surface area contributed by atoms with Crippen molar-refractivity contribution in [2.45, 2.75) is 32.8 Å². The molecule has 1 aromatic carbocycles. The van der Waals surface area contributed by atoms with Crippen LogP contribution in [0.5, 0.6) is 5.88 Å². The van der Waals surface area contributed by atoms with Gasteiger partial charge in [-0.3, -0.25) is 4.79 Å². The molecular weight excluding hydrogens is 309 g/mol. The first-order valence-electron chi connectivity index (χ1n) is 8.05. The van der Waals surface area contributed by atoms with Gasteiger partial charge in [0, 0.05) is 37.7 Å². The molecule has 6 heteroatoms. The minimum Gasteiger partial charge on any atom is -0.474 e. The molecule has 1 fully saturated rings. The first-order chi connectivity index (χ1) is 11.5. The van der Waals surface area contributed by atoms with E-state index in [0.29, 0.717) is 37.6 Å². The zero-order valence-electron chi connectivity index (χ0n) is 13.8. The predicted octanol–water partition coefficient (Wildman–Crippen LogP) is 2.92. The van der Waals surface area contributed by atoms with Gasteiger partial charge in [0.15, 0.2) is 0 Å². The highest BCUT2D eigenvalue weighted by Crippen LogP contribution is 2.20. The topological polar surface area (TPSA) is 55.3 Å². The molecule has 1 aliphatic rings. The lowest BCUT2D eigenvalue weighted by molar-refractivity contribution is 0.0583. The fraction of sp³-hybridized carbons (Fsp3) is 0.389. The summed E-state index contributed by atoms with van der Waals surface area (Å²) < 4.78 is 19.7. The monoisotopic (exact) mass is 329 g/mol. The lowest BCUT2D eigenvalue weighted by atomic mass is 10.1. The highest BCUT2D eigenvalue weighted by atomic mass is 19.1. The zero-order chi connectivity index (χ0) is 17.1. The fourth-order valence-corrected chi connectivity index (χ4v) is 2.90. The van der Waals surface area contributed by atoms with E-state index in [1.165, 1.54) is 12.1 Å². The Morgan fingerprint density at radius 2 is 1.92 bits per heavy atom. The summed E-state index contributed by atoms with van der Waals surface area (Å²) >= 11 is 0. The van der Waals surface area contributed by atoms with Gasteiger partial charge in [0.25, 0.3) is 5.91 Å². The van der Waals surface area contributed by atoms with Gasteiger partial charge in [-0.25, -0.2) is 9.37 Å². The molecule has 0 unspecified atom stereocenters. The van der Waals surface area contributed by atoms with Crippen LogP contribution in [0.15, 0.2) is 30.3 Å². The summed E-state index contributed by atoms with van der Waals surface area (Å²) in [7, 11) is 0. The van der Waals surface area contributed by atoms with E-state index < -0.39 is 5.82 Å². The van der Waals surface area contributed by atoms with Crippen LogP contribution < -0.4 is 4.74 Å². The van der Waals surface area contributed by atoms with Crippen molar-refractivity contribution in [3.63, 3.8) is 0 Å². The number of aromatic nitrogens is 2. The van der Waals surface area contributed by atoms with Gasteiger partial charge in [0.05, 0.1) is 5.56 Å².